The lowest BCUT2D eigenvalue weighted by Gasteiger charge is -2.19. The smallest absolute Gasteiger partial charge is 0.253 e. The summed E-state index contributed by atoms with van der Waals surface area (Å²) in [5, 5.41) is 3.19. The average Bonchev–Trinajstić information content (AvgIpc) is 2.45. The standard InChI is InChI=1S/C16H28N4O/c1-6-14-11-13(12-15(18-14)17-7-2)16(21)20(5)10-8-9-19(3)4/h11-12H,6-10H2,1-5H3,(H,17,18). The van der Waals surface area contributed by atoms with E-state index >= 15 is 0 Å². The predicted molar refractivity (Wildman–Crippen MR) is 87.9 cm³/mol. The highest BCUT2D eigenvalue weighted by Crippen LogP contribution is 2.13. The Balaban J connectivity index is 2.77. The van der Waals surface area contributed by atoms with E-state index in [1.165, 1.54) is 0 Å². The Hall–Kier alpha value is -1.62. The number of aromatic nitrogens is 1. The molecule has 21 heavy (non-hydrogen) atoms. The zero-order valence-electron chi connectivity index (χ0n) is 13.9. The van der Waals surface area contributed by atoms with Gasteiger partial charge in [0.1, 0.15) is 5.82 Å². The van der Waals surface area contributed by atoms with Crippen molar-refractivity contribution in [2.45, 2.75) is 26.7 Å². The molecule has 0 saturated heterocycles. The molecule has 1 aromatic heterocycles. The Labute approximate surface area is 128 Å². The third kappa shape index (κ3) is 5.71. The first-order valence-corrected chi connectivity index (χ1v) is 7.63. The quantitative estimate of drug-likeness (QED) is 0.797. The number of hydrogen-bond acceptors (Lipinski definition) is 4. The molecule has 118 valence electrons. The molecule has 1 N–H and O–H groups in total. The van der Waals surface area contributed by atoms with E-state index in [-0.39, 0.29) is 5.91 Å². The van der Waals surface area contributed by atoms with Crippen molar-refractivity contribution in [2.24, 2.45) is 0 Å². The van der Waals surface area contributed by atoms with E-state index in [4.69, 9.17) is 0 Å². The van der Waals surface area contributed by atoms with Crippen LogP contribution in [0.5, 0.6) is 0 Å². The third-order valence-electron chi connectivity index (χ3n) is 3.29. The molecule has 1 amide bonds. The first-order valence-electron chi connectivity index (χ1n) is 7.63. The zero-order chi connectivity index (χ0) is 15.8. The summed E-state index contributed by atoms with van der Waals surface area (Å²) >= 11 is 0. The molecule has 0 saturated carbocycles. The maximum atomic E-state index is 12.5. The molecule has 1 aromatic rings. The fraction of sp³-hybridized carbons (Fsp3) is 0.625. The first-order chi connectivity index (χ1) is 9.97. The molecular formula is C16H28N4O. The van der Waals surface area contributed by atoms with Crippen LogP contribution in [0.4, 0.5) is 5.82 Å². The summed E-state index contributed by atoms with van der Waals surface area (Å²) in [5.74, 6) is 0.840. The minimum Gasteiger partial charge on any atom is -0.370 e. The van der Waals surface area contributed by atoms with Crippen LogP contribution >= 0.6 is 0 Å². The van der Waals surface area contributed by atoms with Crippen molar-refractivity contribution in [1.29, 1.82) is 0 Å². The fourth-order valence-corrected chi connectivity index (χ4v) is 2.11. The van der Waals surface area contributed by atoms with Crippen LogP contribution in [0, 0.1) is 0 Å². The maximum absolute atomic E-state index is 12.5. The lowest BCUT2D eigenvalue weighted by atomic mass is 10.1. The van der Waals surface area contributed by atoms with Crippen molar-refractivity contribution in [2.75, 3.05) is 46.1 Å². The summed E-state index contributed by atoms with van der Waals surface area (Å²) < 4.78 is 0. The Bertz CT molecular complexity index is 460. The van der Waals surface area contributed by atoms with Crippen molar-refractivity contribution >= 4 is 11.7 Å². The fourth-order valence-electron chi connectivity index (χ4n) is 2.11. The van der Waals surface area contributed by atoms with Crippen molar-refractivity contribution in [1.82, 2.24) is 14.8 Å². The summed E-state index contributed by atoms with van der Waals surface area (Å²) in [6, 6.07) is 3.74. The average molecular weight is 292 g/mol. The summed E-state index contributed by atoms with van der Waals surface area (Å²) in [7, 11) is 5.94. The largest absolute Gasteiger partial charge is 0.370 e. The number of pyridine rings is 1. The van der Waals surface area contributed by atoms with Gasteiger partial charge in [-0.05, 0) is 52.5 Å². The van der Waals surface area contributed by atoms with Crippen molar-refractivity contribution in [3.05, 3.63) is 23.4 Å². The second-order valence-electron chi connectivity index (χ2n) is 5.50. The van der Waals surface area contributed by atoms with Gasteiger partial charge in [-0.2, -0.15) is 0 Å². The Morgan fingerprint density at radius 2 is 1.90 bits per heavy atom. The van der Waals surface area contributed by atoms with Gasteiger partial charge in [0.25, 0.3) is 5.91 Å². The number of carbonyl (C=O) groups excluding carboxylic acids is 1. The maximum Gasteiger partial charge on any atom is 0.253 e. The van der Waals surface area contributed by atoms with Gasteiger partial charge in [-0.3, -0.25) is 4.79 Å². The number of amides is 1. The molecule has 0 aliphatic heterocycles. The van der Waals surface area contributed by atoms with Gasteiger partial charge < -0.3 is 15.1 Å². The van der Waals surface area contributed by atoms with Crippen LogP contribution in [0.15, 0.2) is 12.1 Å². The molecule has 0 aliphatic rings. The topological polar surface area (TPSA) is 48.5 Å². The van der Waals surface area contributed by atoms with Crippen molar-refractivity contribution in [3.63, 3.8) is 0 Å². The minimum atomic E-state index is 0.0602. The van der Waals surface area contributed by atoms with Crippen LogP contribution in [0.2, 0.25) is 0 Å². The van der Waals surface area contributed by atoms with Crippen molar-refractivity contribution < 1.29 is 4.79 Å². The lowest BCUT2D eigenvalue weighted by Crippen LogP contribution is -2.30. The Kier molecular flexibility index (Phi) is 7.15. The molecule has 0 bridgehead atoms. The Morgan fingerprint density at radius 3 is 2.48 bits per heavy atom. The number of aryl methyl sites for hydroxylation is 1. The highest BCUT2D eigenvalue weighted by Gasteiger charge is 2.13. The molecule has 0 fully saturated rings. The molecule has 5 heteroatoms. The lowest BCUT2D eigenvalue weighted by molar-refractivity contribution is 0.0790. The number of nitrogens with zero attached hydrogens (tertiary/aromatic N) is 3. The highest BCUT2D eigenvalue weighted by atomic mass is 16.2. The molecule has 0 spiro atoms. The molecule has 5 nitrogen and oxygen atoms in total. The van der Waals surface area contributed by atoms with Gasteiger partial charge in [0.05, 0.1) is 0 Å². The molecule has 0 unspecified atom stereocenters. The van der Waals surface area contributed by atoms with Gasteiger partial charge in [-0.1, -0.05) is 6.92 Å². The Morgan fingerprint density at radius 1 is 1.19 bits per heavy atom. The second-order valence-corrected chi connectivity index (χ2v) is 5.50. The summed E-state index contributed by atoms with van der Waals surface area (Å²) in [6.45, 7) is 6.61. The SMILES string of the molecule is CCNc1cc(C(=O)N(C)CCCN(C)C)cc(CC)n1. The van der Waals surface area contributed by atoms with Crippen LogP contribution < -0.4 is 5.32 Å². The van der Waals surface area contributed by atoms with Gasteiger partial charge in [0.15, 0.2) is 0 Å². The van der Waals surface area contributed by atoms with E-state index in [2.05, 4.69) is 15.2 Å². The first kappa shape index (κ1) is 17.4. The highest BCUT2D eigenvalue weighted by molar-refractivity contribution is 5.94. The number of nitrogens with one attached hydrogen (secondary N) is 1. The van der Waals surface area contributed by atoms with E-state index < -0.39 is 0 Å². The van der Waals surface area contributed by atoms with Crippen molar-refractivity contribution in [3.8, 4) is 0 Å². The summed E-state index contributed by atoms with van der Waals surface area (Å²) in [4.78, 5) is 20.9. The third-order valence-corrected chi connectivity index (χ3v) is 3.29. The number of carbonyl (C=O) groups is 1. The molecular weight excluding hydrogens is 264 g/mol. The van der Waals surface area contributed by atoms with Crippen LogP contribution in [-0.2, 0) is 6.42 Å². The number of anilines is 1. The molecule has 0 aromatic carbocycles. The molecule has 0 aliphatic carbocycles. The van der Waals surface area contributed by atoms with Crippen LogP contribution in [0.25, 0.3) is 0 Å². The van der Waals surface area contributed by atoms with Gasteiger partial charge in [-0.15, -0.1) is 0 Å². The molecule has 1 heterocycles. The predicted octanol–water partition coefficient (Wildman–Crippen LogP) is 2.10. The zero-order valence-corrected chi connectivity index (χ0v) is 13.9. The van der Waals surface area contributed by atoms with Crippen LogP contribution in [0.1, 0.15) is 36.3 Å². The second kappa shape index (κ2) is 8.62. The van der Waals surface area contributed by atoms with E-state index in [0.717, 1.165) is 44.0 Å². The number of hydrogen-bond donors (Lipinski definition) is 1. The van der Waals surface area contributed by atoms with E-state index in [1.54, 1.807) is 4.90 Å². The van der Waals surface area contributed by atoms with Gasteiger partial charge in [0.2, 0.25) is 0 Å². The van der Waals surface area contributed by atoms with E-state index in [9.17, 15) is 4.79 Å². The molecule has 0 radical (unpaired) electrons. The van der Waals surface area contributed by atoms with Crippen LogP contribution in [0.3, 0.4) is 0 Å². The van der Waals surface area contributed by atoms with E-state index in [1.807, 2.05) is 47.1 Å². The molecule has 1 rings (SSSR count). The van der Waals surface area contributed by atoms with Gasteiger partial charge >= 0.3 is 0 Å². The van der Waals surface area contributed by atoms with Gasteiger partial charge in [0, 0.05) is 31.4 Å². The number of rotatable bonds is 8. The van der Waals surface area contributed by atoms with Gasteiger partial charge in [-0.25, -0.2) is 4.98 Å². The van der Waals surface area contributed by atoms with E-state index in [0.29, 0.717) is 5.56 Å². The van der Waals surface area contributed by atoms with Crippen LogP contribution in [-0.4, -0.2) is 61.5 Å². The molecule has 0 atom stereocenters. The summed E-state index contributed by atoms with van der Waals surface area (Å²) in [5.41, 5.74) is 1.66. The monoisotopic (exact) mass is 292 g/mol. The summed E-state index contributed by atoms with van der Waals surface area (Å²) in [6.07, 6.45) is 1.80. The normalized spacial score (nSPS) is 10.8. The minimum absolute atomic E-state index is 0.0602.